The number of benzene rings is 1. The van der Waals surface area contributed by atoms with Gasteiger partial charge in [0, 0.05) is 37.0 Å². The first-order valence-electron chi connectivity index (χ1n) is 10.8. The minimum absolute atomic E-state index is 0.0621. The number of methoxy groups -OCH3 is 2. The maximum atomic E-state index is 12.7. The molecular weight excluding hydrogens is 386 g/mol. The number of aliphatic hydroxyl groups excluding tert-OH is 1. The lowest BCUT2D eigenvalue weighted by atomic mass is 9.64. The van der Waals surface area contributed by atoms with E-state index in [1.165, 1.54) is 0 Å². The van der Waals surface area contributed by atoms with E-state index in [2.05, 4.69) is 5.32 Å². The van der Waals surface area contributed by atoms with Gasteiger partial charge in [-0.05, 0) is 31.0 Å². The SMILES string of the molecule is CCCC(=O)C[C@]1(C)c2c(ccc(OCOCCOC)c2OC)CC(NCC)[C@H]1O. The summed E-state index contributed by atoms with van der Waals surface area (Å²) in [5.74, 6) is 1.24. The molecule has 0 heterocycles. The van der Waals surface area contributed by atoms with Crippen LogP contribution in [-0.2, 0) is 26.1 Å². The monoisotopic (exact) mass is 423 g/mol. The van der Waals surface area contributed by atoms with Gasteiger partial charge in [0.05, 0.1) is 26.4 Å². The number of likely N-dealkylation sites (N-methyl/N-ethyl adjacent to an activating group) is 1. The molecule has 7 nitrogen and oxygen atoms in total. The van der Waals surface area contributed by atoms with Crippen molar-refractivity contribution < 1.29 is 28.8 Å². The van der Waals surface area contributed by atoms with Gasteiger partial charge in [-0.3, -0.25) is 4.79 Å². The van der Waals surface area contributed by atoms with E-state index in [0.717, 1.165) is 24.1 Å². The predicted molar refractivity (Wildman–Crippen MR) is 115 cm³/mol. The van der Waals surface area contributed by atoms with E-state index in [1.54, 1.807) is 14.2 Å². The topological polar surface area (TPSA) is 86.3 Å². The highest BCUT2D eigenvalue weighted by atomic mass is 16.7. The molecule has 0 aliphatic heterocycles. The van der Waals surface area contributed by atoms with E-state index in [0.29, 0.717) is 37.6 Å². The molecule has 0 spiro atoms. The molecule has 1 unspecified atom stereocenters. The fraction of sp³-hybridized carbons (Fsp3) is 0.696. The summed E-state index contributed by atoms with van der Waals surface area (Å²) in [6.45, 7) is 7.68. The molecular formula is C23H37NO6. The van der Waals surface area contributed by atoms with Crippen LogP contribution < -0.4 is 14.8 Å². The fourth-order valence-electron chi connectivity index (χ4n) is 4.38. The summed E-state index contributed by atoms with van der Waals surface area (Å²) in [6, 6.07) is 3.74. The lowest BCUT2D eigenvalue weighted by molar-refractivity contribution is -0.121. The van der Waals surface area contributed by atoms with Crippen LogP contribution in [0.4, 0.5) is 0 Å². The Bertz CT molecular complexity index is 695. The van der Waals surface area contributed by atoms with Crippen LogP contribution in [0.3, 0.4) is 0 Å². The van der Waals surface area contributed by atoms with Gasteiger partial charge in [0.15, 0.2) is 18.3 Å². The third-order valence-corrected chi connectivity index (χ3v) is 5.75. The molecule has 0 radical (unpaired) electrons. The van der Waals surface area contributed by atoms with Gasteiger partial charge in [-0.1, -0.05) is 26.8 Å². The van der Waals surface area contributed by atoms with Gasteiger partial charge in [-0.25, -0.2) is 0 Å². The van der Waals surface area contributed by atoms with Gasteiger partial charge >= 0.3 is 0 Å². The number of Topliss-reactive ketones (excluding diaryl/α,β-unsaturated/α-hetero) is 1. The fourth-order valence-corrected chi connectivity index (χ4v) is 4.38. The molecule has 0 fully saturated rings. The Kier molecular flexibility index (Phi) is 9.55. The number of carbonyl (C=O) groups excluding carboxylic acids is 1. The number of hydrogen-bond donors (Lipinski definition) is 2. The molecule has 30 heavy (non-hydrogen) atoms. The standard InChI is InChI=1S/C23H37NO6/c1-6-8-17(25)14-23(3)20-16(13-18(22(23)26)24-7-2)9-10-19(21(20)28-5)30-15-29-12-11-27-4/h9-10,18,22,24,26H,6-8,11-15H2,1-5H3/t18?,22-,23-/m1/s1. The zero-order chi connectivity index (χ0) is 22.1. The normalized spacial score (nSPS) is 23.1. The number of ether oxygens (including phenoxy) is 4. The zero-order valence-corrected chi connectivity index (χ0v) is 19.0. The average Bonchev–Trinajstić information content (AvgIpc) is 2.72. The van der Waals surface area contributed by atoms with Crippen molar-refractivity contribution in [1.82, 2.24) is 5.32 Å². The minimum Gasteiger partial charge on any atom is -0.493 e. The highest BCUT2D eigenvalue weighted by molar-refractivity contribution is 5.80. The maximum Gasteiger partial charge on any atom is 0.189 e. The third-order valence-electron chi connectivity index (χ3n) is 5.75. The Morgan fingerprint density at radius 2 is 2.03 bits per heavy atom. The smallest absolute Gasteiger partial charge is 0.189 e. The molecule has 0 bridgehead atoms. The molecule has 0 amide bonds. The summed E-state index contributed by atoms with van der Waals surface area (Å²) in [4.78, 5) is 12.7. The number of aliphatic hydroxyl groups is 1. The summed E-state index contributed by atoms with van der Waals surface area (Å²) in [5.41, 5.74) is 1.13. The molecule has 2 rings (SSSR count). The third kappa shape index (κ3) is 5.52. The second kappa shape index (κ2) is 11.6. The lowest BCUT2D eigenvalue weighted by Crippen LogP contribution is -2.56. The maximum absolute atomic E-state index is 12.7. The van der Waals surface area contributed by atoms with E-state index in [-0.39, 0.29) is 25.0 Å². The summed E-state index contributed by atoms with van der Waals surface area (Å²) in [5, 5.41) is 14.7. The molecule has 1 aliphatic carbocycles. The quantitative estimate of drug-likeness (QED) is 0.373. The van der Waals surface area contributed by atoms with Crippen molar-refractivity contribution in [3.05, 3.63) is 23.3 Å². The van der Waals surface area contributed by atoms with Crippen LogP contribution >= 0.6 is 0 Å². The molecule has 0 saturated carbocycles. The minimum atomic E-state index is -0.783. The van der Waals surface area contributed by atoms with Crippen LogP contribution in [0.2, 0.25) is 0 Å². The zero-order valence-electron chi connectivity index (χ0n) is 19.0. The average molecular weight is 424 g/mol. The van der Waals surface area contributed by atoms with Crippen LogP contribution in [0.1, 0.15) is 51.2 Å². The summed E-state index contributed by atoms with van der Waals surface area (Å²) in [7, 11) is 3.20. The molecule has 7 heteroatoms. The second-order valence-corrected chi connectivity index (χ2v) is 7.99. The van der Waals surface area contributed by atoms with Crippen molar-refractivity contribution in [3.8, 4) is 11.5 Å². The van der Waals surface area contributed by atoms with Gasteiger partial charge in [-0.15, -0.1) is 0 Å². The van der Waals surface area contributed by atoms with Crippen molar-refractivity contribution in [2.24, 2.45) is 0 Å². The summed E-state index contributed by atoms with van der Waals surface area (Å²) < 4.78 is 22.0. The first-order valence-corrected chi connectivity index (χ1v) is 10.8. The highest BCUT2D eigenvalue weighted by Gasteiger charge is 2.48. The van der Waals surface area contributed by atoms with Gasteiger partial charge < -0.3 is 29.4 Å². The van der Waals surface area contributed by atoms with Crippen molar-refractivity contribution >= 4 is 5.78 Å². The molecule has 170 valence electrons. The van der Waals surface area contributed by atoms with Crippen molar-refractivity contribution in [3.63, 3.8) is 0 Å². The van der Waals surface area contributed by atoms with Crippen molar-refractivity contribution in [2.75, 3.05) is 40.8 Å². The highest BCUT2D eigenvalue weighted by Crippen LogP contribution is 2.48. The largest absolute Gasteiger partial charge is 0.493 e. The van der Waals surface area contributed by atoms with Gasteiger partial charge in [0.25, 0.3) is 0 Å². The van der Waals surface area contributed by atoms with Gasteiger partial charge in [-0.2, -0.15) is 0 Å². The Morgan fingerprint density at radius 3 is 2.67 bits per heavy atom. The van der Waals surface area contributed by atoms with E-state index in [4.69, 9.17) is 18.9 Å². The Balaban J connectivity index is 2.42. The number of carbonyl (C=O) groups is 1. The molecule has 0 saturated heterocycles. The molecule has 2 N–H and O–H groups in total. The first kappa shape index (κ1) is 24.6. The number of nitrogens with one attached hydrogen (secondary N) is 1. The van der Waals surface area contributed by atoms with Crippen LogP contribution in [0.15, 0.2) is 12.1 Å². The molecule has 1 aromatic carbocycles. The van der Waals surface area contributed by atoms with Crippen molar-refractivity contribution in [1.29, 1.82) is 0 Å². The van der Waals surface area contributed by atoms with E-state index >= 15 is 0 Å². The first-order chi connectivity index (χ1) is 14.4. The number of rotatable bonds is 13. The number of ketones is 1. The van der Waals surface area contributed by atoms with E-state index in [1.807, 2.05) is 32.9 Å². The van der Waals surface area contributed by atoms with Crippen LogP contribution in [0.5, 0.6) is 11.5 Å². The molecule has 3 atom stereocenters. The summed E-state index contributed by atoms with van der Waals surface area (Å²) >= 11 is 0. The predicted octanol–water partition coefficient (Wildman–Crippen LogP) is 2.61. The molecule has 1 aliphatic rings. The summed E-state index contributed by atoms with van der Waals surface area (Å²) in [6.07, 6.45) is 1.46. The molecule has 1 aromatic rings. The van der Waals surface area contributed by atoms with Gasteiger partial charge in [0.2, 0.25) is 0 Å². The number of fused-ring (bicyclic) bond motifs is 1. The Hall–Kier alpha value is -1.67. The number of hydrogen-bond acceptors (Lipinski definition) is 7. The van der Waals surface area contributed by atoms with Crippen LogP contribution in [0, 0.1) is 0 Å². The second-order valence-electron chi connectivity index (χ2n) is 7.99. The van der Waals surface area contributed by atoms with E-state index < -0.39 is 11.5 Å². The Labute approximate surface area is 180 Å². The van der Waals surface area contributed by atoms with Crippen LogP contribution in [-0.4, -0.2) is 63.8 Å². The van der Waals surface area contributed by atoms with E-state index in [9.17, 15) is 9.90 Å². The Morgan fingerprint density at radius 1 is 1.27 bits per heavy atom. The lowest BCUT2D eigenvalue weighted by Gasteiger charge is -2.45. The molecule has 0 aromatic heterocycles. The van der Waals surface area contributed by atoms with Gasteiger partial charge in [0.1, 0.15) is 5.78 Å². The van der Waals surface area contributed by atoms with Crippen LogP contribution in [0.25, 0.3) is 0 Å². The van der Waals surface area contributed by atoms with Crippen molar-refractivity contribution in [2.45, 2.75) is 64.0 Å².